The van der Waals surface area contributed by atoms with Crippen molar-refractivity contribution in [3.05, 3.63) is 35.9 Å². The largest absolute Gasteiger partial charge is 0.466 e. The number of rotatable bonds is 8. The molecular weight excluding hydrogens is 268 g/mol. The molecule has 0 aliphatic rings. The van der Waals surface area contributed by atoms with E-state index in [4.69, 9.17) is 9.47 Å². The van der Waals surface area contributed by atoms with E-state index in [0.29, 0.717) is 19.8 Å². The first-order chi connectivity index (χ1) is 9.38. The third kappa shape index (κ3) is 7.45. The standard InChI is InChI=1S/C16H26O3Si/c1-14(16(17)19-10-11-20(2,3)4)12-18-13-15-8-6-5-7-9-15/h5-9,14H,10-13H2,1-4H3/t14-/m1/s1. The van der Waals surface area contributed by atoms with E-state index in [2.05, 4.69) is 19.6 Å². The smallest absolute Gasteiger partial charge is 0.310 e. The molecule has 0 N–H and O–H groups in total. The zero-order valence-electron chi connectivity index (χ0n) is 13.0. The van der Waals surface area contributed by atoms with E-state index >= 15 is 0 Å². The predicted molar refractivity (Wildman–Crippen MR) is 84.4 cm³/mol. The van der Waals surface area contributed by atoms with Crippen molar-refractivity contribution in [3.63, 3.8) is 0 Å². The lowest BCUT2D eigenvalue weighted by Crippen LogP contribution is -2.25. The minimum atomic E-state index is -1.14. The summed E-state index contributed by atoms with van der Waals surface area (Å²) in [5, 5.41) is 0. The quantitative estimate of drug-likeness (QED) is 0.541. The molecule has 3 nitrogen and oxygen atoms in total. The maximum atomic E-state index is 11.8. The number of hydrogen-bond acceptors (Lipinski definition) is 3. The highest BCUT2D eigenvalue weighted by Crippen LogP contribution is 2.09. The van der Waals surface area contributed by atoms with Crippen LogP contribution in [0.2, 0.25) is 25.7 Å². The van der Waals surface area contributed by atoms with Crippen LogP contribution in [0.5, 0.6) is 0 Å². The van der Waals surface area contributed by atoms with Gasteiger partial charge in [0.15, 0.2) is 0 Å². The highest BCUT2D eigenvalue weighted by atomic mass is 28.3. The van der Waals surface area contributed by atoms with Crippen LogP contribution < -0.4 is 0 Å². The predicted octanol–water partition coefficient (Wildman–Crippen LogP) is 3.72. The van der Waals surface area contributed by atoms with Crippen LogP contribution in [0.25, 0.3) is 0 Å². The summed E-state index contributed by atoms with van der Waals surface area (Å²) in [7, 11) is -1.14. The maximum Gasteiger partial charge on any atom is 0.310 e. The SMILES string of the molecule is C[C@H](COCc1ccccc1)C(=O)OCC[Si](C)(C)C. The number of carbonyl (C=O) groups excluding carboxylic acids is 1. The molecule has 0 bridgehead atoms. The molecule has 0 aliphatic carbocycles. The van der Waals surface area contributed by atoms with Gasteiger partial charge in [-0.3, -0.25) is 4.79 Å². The molecule has 112 valence electrons. The fourth-order valence-corrected chi connectivity index (χ4v) is 2.31. The number of benzene rings is 1. The molecule has 0 saturated carbocycles. The van der Waals surface area contributed by atoms with Crippen LogP contribution in [-0.2, 0) is 20.9 Å². The number of ether oxygens (including phenoxy) is 2. The Morgan fingerprint density at radius 2 is 1.85 bits per heavy atom. The molecule has 0 spiro atoms. The minimum absolute atomic E-state index is 0.156. The first-order valence-corrected chi connectivity index (χ1v) is 10.9. The molecule has 0 aliphatic heterocycles. The molecule has 0 saturated heterocycles. The van der Waals surface area contributed by atoms with Gasteiger partial charge in [-0.05, 0) is 18.5 Å². The monoisotopic (exact) mass is 294 g/mol. The third-order valence-corrected chi connectivity index (χ3v) is 4.68. The van der Waals surface area contributed by atoms with Crippen molar-refractivity contribution in [2.24, 2.45) is 5.92 Å². The highest BCUT2D eigenvalue weighted by molar-refractivity contribution is 6.76. The van der Waals surface area contributed by atoms with E-state index in [-0.39, 0.29) is 11.9 Å². The lowest BCUT2D eigenvalue weighted by Gasteiger charge is -2.17. The van der Waals surface area contributed by atoms with E-state index < -0.39 is 8.07 Å². The average Bonchev–Trinajstić information content (AvgIpc) is 2.38. The second kappa shape index (κ2) is 8.22. The summed E-state index contributed by atoms with van der Waals surface area (Å²) in [5.41, 5.74) is 1.12. The van der Waals surface area contributed by atoms with Gasteiger partial charge in [-0.2, -0.15) is 0 Å². The molecule has 0 aromatic heterocycles. The van der Waals surface area contributed by atoms with Crippen LogP contribution in [0.3, 0.4) is 0 Å². The van der Waals surface area contributed by atoms with E-state index in [0.717, 1.165) is 11.6 Å². The van der Waals surface area contributed by atoms with Gasteiger partial charge in [0.25, 0.3) is 0 Å². The highest BCUT2D eigenvalue weighted by Gasteiger charge is 2.17. The van der Waals surface area contributed by atoms with Crippen molar-refractivity contribution in [1.82, 2.24) is 0 Å². The van der Waals surface area contributed by atoms with Crippen molar-refractivity contribution >= 4 is 14.0 Å². The molecule has 0 amide bonds. The van der Waals surface area contributed by atoms with Gasteiger partial charge in [0.05, 0.1) is 25.7 Å². The van der Waals surface area contributed by atoms with Gasteiger partial charge in [0, 0.05) is 8.07 Å². The molecule has 1 aromatic carbocycles. The summed E-state index contributed by atoms with van der Waals surface area (Å²) >= 11 is 0. The maximum absolute atomic E-state index is 11.8. The zero-order valence-corrected chi connectivity index (χ0v) is 14.0. The van der Waals surface area contributed by atoms with Crippen molar-refractivity contribution < 1.29 is 14.3 Å². The lowest BCUT2D eigenvalue weighted by atomic mass is 10.2. The van der Waals surface area contributed by atoms with Gasteiger partial charge in [-0.25, -0.2) is 0 Å². The molecule has 0 unspecified atom stereocenters. The number of hydrogen-bond donors (Lipinski definition) is 0. The Morgan fingerprint density at radius 3 is 2.45 bits per heavy atom. The van der Waals surface area contributed by atoms with Gasteiger partial charge in [-0.15, -0.1) is 0 Å². The van der Waals surface area contributed by atoms with Gasteiger partial charge in [0.1, 0.15) is 0 Å². The van der Waals surface area contributed by atoms with E-state index in [1.807, 2.05) is 37.3 Å². The molecule has 1 rings (SSSR count). The normalized spacial score (nSPS) is 13.0. The molecule has 4 heteroatoms. The fourth-order valence-electron chi connectivity index (χ4n) is 1.60. The molecule has 1 aromatic rings. The van der Waals surface area contributed by atoms with E-state index in [9.17, 15) is 4.79 Å². The molecule has 20 heavy (non-hydrogen) atoms. The molecule has 0 fully saturated rings. The molecule has 0 radical (unpaired) electrons. The first-order valence-electron chi connectivity index (χ1n) is 7.17. The average molecular weight is 294 g/mol. The molecule has 1 atom stereocenters. The van der Waals surface area contributed by atoms with Gasteiger partial charge >= 0.3 is 5.97 Å². The van der Waals surface area contributed by atoms with Crippen LogP contribution in [0, 0.1) is 5.92 Å². The van der Waals surface area contributed by atoms with Gasteiger partial charge in [-0.1, -0.05) is 50.0 Å². The molecular formula is C16H26O3Si. The summed E-state index contributed by atoms with van der Waals surface area (Å²) in [5.74, 6) is -0.364. The Morgan fingerprint density at radius 1 is 1.20 bits per heavy atom. The second-order valence-electron chi connectivity index (χ2n) is 6.38. The van der Waals surface area contributed by atoms with Crippen molar-refractivity contribution in [2.75, 3.05) is 13.2 Å². The summed E-state index contributed by atoms with van der Waals surface area (Å²) in [6.45, 7) is 10.1. The first kappa shape index (κ1) is 16.9. The Labute approximate surface area is 123 Å². The van der Waals surface area contributed by atoms with Crippen LogP contribution in [0.4, 0.5) is 0 Å². The Balaban J connectivity index is 2.18. The third-order valence-electron chi connectivity index (χ3n) is 2.98. The zero-order chi connectivity index (χ0) is 15.0. The Bertz CT molecular complexity index is 398. The minimum Gasteiger partial charge on any atom is -0.466 e. The fraction of sp³-hybridized carbons (Fsp3) is 0.562. The lowest BCUT2D eigenvalue weighted by molar-refractivity contribution is -0.149. The summed E-state index contributed by atoms with van der Waals surface area (Å²) in [6, 6.07) is 11.0. The van der Waals surface area contributed by atoms with Crippen LogP contribution in [0.15, 0.2) is 30.3 Å². The van der Waals surface area contributed by atoms with Crippen molar-refractivity contribution in [3.8, 4) is 0 Å². The van der Waals surface area contributed by atoms with Crippen molar-refractivity contribution in [2.45, 2.75) is 39.2 Å². The van der Waals surface area contributed by atoms with E-state index in [1.54, 1.807) is 0 Å². The topological polar surface area (TPSA) is 35.5 Å². The summed E-state index contributed by atoms with van der Waals surface area (Å²) in [4.78, 5) is 11.8. The van der Waals surface area contributed by atoms with Crippen LogP contribution in [-0.4, -0.2) is 27.3 Å². The van der Waals surface area contributed by atoms with Gasteiger partial charge < -0.3 is 9.47 Å². The molecule has 0 heterocycles. The van der Waals surface area contributed by atoms with Crippen LogP contribution in [0.1, 0.15) is 12.5 Å². The number of esters is 1. The number of carbonyl (C=O) groups is 1. The van der Waals surface area contributed by atoms with E-state index in [1.165, 1.54) is 0 Å². The van der Waals surface area contributed by atoms with Crippen LogP contribution >= 0.6 is 0 Å². The second-order valence-corrected chi connectivity index (χ2v) is 12.0. The summed E-state index contributed by atoms with van der Waals surface area (Å²) in [6.07, 6.45) is 0. The van der Waals surface area contributed by atoms with Gasteiger partial charge in [0.2, 0.25) is 0 Å². The van der Waals surface area contributed by atoms with Crippen molar-refractivity contribution in [1.29, 1.82) is 0 Å². The summed E-state index contributed by atoms with van der Waals surface area (Å²) < 4.78 is 10.9. The Kier molecular flexibility index (Phi) is 6.95. The Hall–Kier alpha value is -1.13.